The summed E-state index contributed by atoms with van der Waals surface area (Å²) >= 11 is 0. The average molecular weight is 419 g/mol. The second-order valence-electron chi connectivity index (χ2n) is 9.44. The minimum Gasteiger partial charge on any atom is -0.306 e. The van der Waals surface area contributed by atoms with Crippen molar-refractivity contribution >= 4 is 0 Å². The first-order chi connectivity index (χ1) is 13.7. The summed E-state index contributed by atoms with van der Waals surface area (Å²) in [5.41, 5.74) is 0. The van der Waals surface area contributed by atoms with E-state index in [4.69, 9.17) is 0 Å². The van der Waals surface area contributed by atoms with Crippen LogP contribution in [0.1, 0.15) is 60.3 Å². The number of hydrogen-bond donors (Lipinski definition) is 0. The summed E-state index contributed by atoms with van der Waals surface area (Å²) < 4.78 is 25.8. The van der Waals surface area contributed by atoms with Gasteiger partial charge in [-0.15, -0.1) is 0 Å². The fraction of sp³-hybridized carbons (Fsp3) is 1.00. The highest BCUT2D eigenvalue weighted by atomic mass is 19.3. The molecule has 0 N–H and O–H groups in total. The van der Waals surface area contributed by atoms with E-state index in [9.17, 15) is 8.78 Å². The zero-order valence-corrected chi connectivity index (χ0v) is 20.3. The Morgan fingerprint density at radius 2 is 1.45 bits per heavy atom. The van der Waals surface area contributed by atoms with Crippen molar-refractivity contribution in [2.75, 3.05) is 66.5 Å². The zero-order valence-electron chi connectivity index (χ0n) is 20.3. The summed E-state index contributed by atoms with van der Waals surface area (Å²) in [7, 11) is 4.20. The van der Waals surface area contributed by atoms with Crippen LogP contribution in [-0.2, 0) is 0 Å². The number of alkyl halides is 2. The van der Waals surface area contributed by atoms with Crippen molar-refractivity contribution in [1.29, 1.82) is 0 Å². The number of likely N-dealkylation sites (N-methyl/N-ethyl adjacent to an activating group) is 1. The van der Waals surface area contributed by atoms with Gasteiger partial charge in [-0.1, -0.05) is 20.8 Å². The van der Waals surface area contributed by atoms with Crippen LogP contribution in [-0.4, -0.2) is 104 Å². The Morgan fingerprint density at radius 3 is 1.72 bits per heavy atom. The molecule has 0 radical (unpaired) electrons. The largest absolute Gasteiger partial charge is 0.306 e. The maximum absolute atomic E-state index is 12.9. The van der Waals surface area contributed by atoms with Gasteiger partial charge >= 0.3 is 0 Å². The Hall–Kier alpha value is -0.300. The molecule has 0 aromatic heterocycles. The topological polar surface area (TPSA) is 13.0 Å². The average Bonchev–Trinajstić information content (AvgIpc) is 3.38. The van der Waals surface area contributed by atoms with Crippen LogP contribution in [0, 0.1) is 5.92 Å². The van der Waals surface area contributed by atoms with Crippen molar-refractivity contribution in [2.45, 2.75) is 78.3 Å². The molecular weight excluding hydrogens is 370 g/mol. The smallest absolute Gasteiger partial charge is 0.261 e. The molecule has 29 heavy (non-hydrogen) atoms. The van der Waals surface area contributed by atoms with Gasteiger partial charge in [0, 0.05) is 44.7 Å². The van der Waals surface area contributed by atoms with Crippen LogP contribution in [0.25, 0.3) is 0 Å². The number of likely N-dealkylation sites (tertiary alicyclic amines) is 4. The molecule has 1 atom stereocenters. The van der Waals surface area contributed by atoms with E-state index in [0.29, 0.717) is 12.6 Å². The predicted octanol–water partition coefficient (Wildman–Crippen LogP) is 4.12. The molecular formula is C23H48F2N4. The molecule has 4 heterocycles. The fourth-order valence-electron chi connectivity index (χ4n) is 4.55. The molecule has 1 unspecified atom stereocenters. The van der Waals surface area contributed by atoms with Gasteiger partial charge in [0.15, 0.2) is 0 Å². The molecule has 0 amide bonds. The number of hydrogen-bond acceptors (Lipinski definition) is 4. The van der Waals surface area contributed by atoms with E-state index in [2.05, 4.69) is 42.5 Å². The van der Waals surface area contributed by atoms with Gasteiger partial charge in [-0.2, -0.15) is 0 Å². The van der Waals surface area contributed by atoms with Gasteiger partial charge in [0.1, 0.15) is 0 Å². The van der Waals surface area contributed by atoms with Crippen LogP contribution in [0.3, 0.4) is 0 Å². The van der Waals surface area contributed by atoms with Gasteiger partial charge in [-0.05, 0) is 72.8 Å². The molecule has 0 bridgehead atoms. The minimum atomic E-state index is -2.43. The molecule has 4 aliphatic rings. The monoisotopic (exact) mass is 418 g/mol. The fourth-order valence-corrected chi connectivity index (χ4v) is 4.55. The highest BCUT2D eigenvalue weighted by molar-refractivity contribution is 4.90. The zero-order chi connectivity index (χ0) is 22.0. The van der Waals surface area contributed by atoms with Gasteiger partial charge in [0.2, 0.25) is 0 Å². The number of rotatable bonds is 2. The number of halogens is 2. The molecule has 4 nitrogen and oxygen atoms in total. The van der Waals surface area contributed by atoms with E-state index in [-0.39, 0.29) is 13.0 Å². The maximum atomic E-state index is 12.9. The van der Waals surface area contributed by atoms with Gasteiger partial charge in [-0.25, -0.2) is 8.78 Å². The molecule has 4 fully saturated rings. The Bertz CT molecular complexity index is 415. The molecule has 6 heteroatoms. The quantitative estimate of drug-likeness (QED) is 0.669. The van der Waals surface area contributed by atoms with E-state index in [1.54, 1.807) is 0 Å². The van der Waals surface area contributed by atoms with Crippen LogP contribution < -0.4 is 0 Å². The van der Waals surface area contributed by atoms with Crippen molar-refractivity contribution in [3.8, 4) is 0 Å². The Labute approximate surface area is 179 Å². The van der Waals surface area contributed by atoms with Crippen LogP contribution >= 0.6 is 0 Å². The summed E-state index contributed by atoms with van der Waals surface area (Å²) in [6, 6.07) is 1.15. The van der Waals surface area contributed by atoms with Gasteiger partial charge in [0.05, 0.1) is 6.54 Å². The van der Waals surface area contributed by atoms with Crippen molar-refractivity contribution < 1.29 is 8.78 Å². The standard InChI is InChI=1S/C9H16F2N2.C7H15N.C5H11N.C2H6/c1-12-4-2-8(6-12)13-5-3-9(10,11)7-13;1-7(2)8-5-3-4-6-8;1-5-3-6(2)4-5;1-2/h8H,2-7H2,1H3;7H,3-6H2,1-2H3;5H,3-4H2,1-2H3;1-2H3. The molecule has 0 aliphatic carbocycles. The lowest BCUT2D eigenvalue weighted by Gasteiger charge is -2.33. The van der Waals surface area contributed by atoms with E-state index in [1.807, 2.05) is 25.8 Å². The molecule has 4 rings (SSSR count). The van der Waals surface area contributed by atoms with Crippen molar-refractivity contribution in [1.82, 2.24) is 19.6 Å². The van der Waals surface area contributed by atoms with Crippen molar-refractivity contribution in [3.05, 3.63) is 0 Å². The maximum Gasteiger partial charge on any atom is 0.261 e. The Kier molecular flexibility index (Phi) is 12.2. The van der Waals surface area contributed by atoms with Crippen LogP contribution in [0.15, 0.2) is 0 Å². The van der Waals surface area contributed by atoms with Crippen molar-refractivity contribution in [2.24, 2.45) is 5.92 Å². The lowest BCUT2D eigenvalue weighted by atomic mass is 10.1. The van der Waals surface area contributed by atoms with Crippen LogP contribution in [0.5, 0.6) is 0 Å². The SMILES string of the molecule is CC.CC(C)N1CCCC1.CC1CN(C)C1.CN1CCC(N2CCC(F)(F)C2)C1. The van der Waals surface area contributed by atoms with E-state index < -0.39 is 5.92 Å². The predicted molar refractivity (Wildman–Crippen MR) is 121 cm³/mol. The Morgan fingerprint density at radius 1 is 0.862 bits per heavy atom. The third-order valence-electron chi connectivity index (χ3n) is 6.20. The first-order valence-corrected chi connectivity index (χ1v) is 11.9. The summed E-state index contributed by atoms with van der Waals surface area (Å²) in [4.78, 5) is 9.01. The summed E-state index contributed by atoms with van der Waals surface area (Å²) in [6.45, 7) is 18.6. The van der Waals surface area contributed by atoms with E-state index >= 15 is 0 Å². The first-order valence-electron chi connectivity index (χ1n) is 11.9. The minimum absolute atomic E-state index is 0.0223. The molecule has 0 saturated carbocycles. The third kappa shape index (κ3) is 10.0. The summed E-state index contributed by atoms with van der Waals surface area (Å²) in [5, 5.41) is 0. The third-order valence-corrected chi connectivity index (χ3v) is 6.20. The lowest BCUT2D eigenvalue weighted by molar-refractivity contribution is 0.00814. The highest BCUT2D eigenvalue weighted by Crippen LogP contribution is 2.30. The van der Waals surface area contributed by atoms with Crippen molar-refractivity contribution in [3.63, 3.8) is 0 Å². The molecule has 0 spiro atoms. The second-order valence-corrected chi connectivity index (χ2v) is 9.44. The number of nitrogens with zero attached hydrogens (tertiary/aromatic N) is 4. The molecule has 0 aromatic carbocycles. The van der Waals surface area contributed by atoms with E-state index in [1.165, 1.54) is 39.0 Å². The molecule has 4 saturated heterocycles. The van der Waals surface area contributed by atoms with Gasteiger partial charge in [-0.3, -0.25) is 4.90 Å². The highest BCUT2D eigenvalue weighted by Gasteiger charge is 2.41. The first kappa shape index (κ1) is 26.7. The lowest BCUT2D eigenvalue weighted by Crippen LogP contribution is -2.41. The molecule has 0 aromatic rings. The van der Waals surface area contributed by atoms with Gasteiger partial charge in [0.25, 0.3) is 5.92 Å². The van der Waals surface area contributed by atoms with Gasteiger partial charge < -0.3 is 14.7 Å². The Balaban J connectivity index is 0.000000225. The molecule has 4 aliphatic heterocycles. The second kappa shape index (κ2) is 13.2. The van der Waals surface area contributed by atoms with E-state index in [0.717, 1.165) is 31.5 Å². The normalized spacial score (nSPS) is 28.1. The summed E-state index contributed by atoms with van der Waals surface area (Å²) in [6.07, 6.45) is 3.93. The van der Waals surface area contributed by atoms with Crippen LogP contribution in [0.2, 0.25) is 0 Å². The summed E-state index contributed by atoms with van der Waals surface area (Å²) in [5.74, 6) is -1.46. The molecule has 174 valence electrons. The van der Waals surface area contributed by atoms with Crippen LogP contribution in [0.4, 0.5) is 8.78 Å².